The maximum absolute atomic E-state index is 15.3. The van der Waals surface area contributed by atoms with Crippen LogP contribution in [0.1, 0.15) is 12.8 Å². The van der Waals surface area contributed by atoms with Crippen molar-refractivity contribution in [1.29, 1.82) is 0 Å². The van der Waals surface area contributed by atoms with Gasteiger partial charge in [-0.1, -0.05) is 0 Å². The van der Waals surface area contributed by atoms with Crippen molar-refractivity contribution in [3.05, 3.63) is 48.3 Å². The van der Waals surface area contributed by atoms with Crippen LogP contribution in [-0.4, -0.2) is 69.4 Å². The Morgan fingerprint density at radius 1 is 1.14 bits per heavy atom. The highest BCUT2D eigenvalue weighted by Crippen LogP contribution is 2.34. The topological polar surface area (TPSA) is 115 Å². The predicted molar refractivity (Wildman–Crippen MR) is 130 cm³/mol. The number of benzene rings is 2. The van der Waals surface area contributed by atoms with Crippen molar-refractivity contribution in [3.8, 4) is 5.75 Å². The lowest BCUT2D eigenvalue weighted by Crippen LogP contribution is -2.30. The highest BCUT2D eigenvalue weighted by Gasteiger charge is 2.29. The first-order chi connectivity index (χ1) is 17.3. The number of hydrogen-bond donors (Lipinski definition) is 2. The minimum Gasteiger partial charge on any atom is -0.483 e. The molecule has 5 rings (SSSR count). The summed E-state index contributed by atoms with van der Waals surface area (Å²) in [7, 11) is -2.62. The summed E-state index contributed by atoms with van der Waals surface area (Å²) >= 11 is 0. The van der Waals surface area contributed by atoms with E-state index in [2.05, 4.69) is 19.6 Å². The second-order valence-corrected chi connectivity index (χ2v) is 11.4. The molecular formula is C24H26F2N4O5S. The number of fused-ring (bicyclic) bond motifs is 1. The molecule has 192 valence electrons. The van der Waals surface area contributed by atoms with Crippen LogP contribution in [0.5, 0.6) is 5.75 Å². The molecule has 0 aliphatic carbocycles. The van der Waals surface area contributed by atoms with E-state index in [1.54, 1.807) is 12.3 Å². The zero-order valence-electron chi connectivity index (χ0n) is 19.5. The van der Waals surface area contributed by atoms with Crippen LogP contribution in [0, 0.1) is 11.6 Å². The largest absolute Gasteiger partial charge is 0.483 e. The van der Waals surface area contributed by atoms with Gasteiger partial charge < -0.3 is 24.6 Å². The number of aromatic nitrogens is 2. The third-order valence-corrected chi connectivity index (χ3v) is 8.50. The summed E-state index contributed by atoms with van der Waals surface area (Å²) in [6, 6.07) is 6.58. The van der Waals surface area contributed by atoms with Crippen molar-refractivity contribution in [2.75, 3.05) is 38.0 Å². The summed E-state index contributed by atoms with van der Waals surface area (Å²) in [5, 5.41) is 12.9. The first kappa shape index (κ1) is 24.8. The van der Waals surface area contributed by atoms with E-state index in [9.17, 15) is 13.7 Å². The molecule has 2 fully saturated rings. The van der Waals surface area contributed by atoms with Crippen LogP contribution in [0.2, 0.25) is 0 Å². The van der Waals surface area contributed by atoms with Gasteiger partial charge >= 0.3 is 0 Å². The lowest BCUT2D eigenvalue weighted by Gasteiger charge is -2.23. The van der Waals surface area contributed by atoms with Gasteiger partial charge in [0.05, 0.1) is 45.2 Å². The van der Waals surface area contributed by atoms with Gasteiger partial charge in [-0.05, 0) is 31.0 Å². The Bertz CT molecular complexity index is 1390. The fourth-order valence-electron chi connectivity index (χ4n) is 4.30. The second-order valence-electron chi connectivity index (χ2n) is 8.83. The van der Waals surface area contributed by atoms with Crippen molar-refractivity contribution < 1.29 is 32.3 Å². The lowest BCUT2D eigenvalue weighted by atomic mass is 10.2. The molecule has 0 spiro atoms. The zero-order valence-corrected chi connectivity index (χ0v) is 20.3. The zero-order chi connectivity index (χ0) is 25.3. The molecule has 3 aromatic rings. The van der Waals surface area contributed by atoms with Gasteiger partial charge in [0.25, 0.3) is 0 Å². The molecule has 0 bridgehead atoms. The maximum atomic E-state index is 15.3. The average molecular weight is 521 g/mol. The van der Waals surface area contributed by atoms with Gasteiger partial charge in [-0.25, -0.2) is 23.0 Å². The van der Waals surface area contributed by atoms with E-state index in [0.717, 1.165) is 6.07 Å². The third-order valence-electron chi connectivity index (χ3n) is 6.22. The highest BCUT2D eigenvalue weighted by molar-refractivity contribution is 7.93. The Morgan fingerprint density at radius 3 is 2.69 bits per heavy atom. The molecule has 3 heterocycles. The number of rotatable bonds is 6. The van der Waals surface area contributed by atoms with Crippen molar-refractivity contribution in [1.82, 2.24) is 9.97 Å². The van der Waals surface area contributed by atoms with Crippen molar-refractivity contribution in [2.45, 2.75) is 30.3 Å². The van der Waals surface area contributed by atoms with Crippen LogP contribution < -0.4 is 10.1 Å². The van der Waals surface area contributed by atoms with Gasteiger partial charge in [0.2, 0.25) is 0 Å². The van der Waals surface area contributed by atoms with Crippen LogP contribution >= 0.6 is 0 Å². The number of ether oxygens (including phenoxy) is 3. The second kappa shape index (κ2) is 10.2. The van der Waals surface area contributed by atoms with Gasteiger partial charge in [0.1, 0.15) is 35.6 Å². The highest BCUT2D eigenvalue weighted by atomic mass is 32.2. The van der Waals surface area contributed by atoms with E-state index >= 15 is 4.39 Å². The van der Waals surface area contributed by atoms with E-state index in [1.165, 1.54) is 24.5 Å². The fraction of sp³-hybridized carbons (Fsp3) is 0.417. The van der Waals surface area contributed by atoms with Crippen molar-refractivity contribution in [3.63, 3.8) is 0 Å². The molecular weight excluding hydrogens is 494 g/mol. The molecule has 0 saturated carbocycles. The van der Waals surface area contributed by atoms with Crippen LogP contribution in [0.4, 0.5) is 26.0 Å². The number of hydrogen-bond acceptors (Lipinski definition) is 9. The minimum atomic E-state index is -2.62. The summed E-state index contributed by atoms with van der Waals surface area (Å²) in [5.74, 6) is -0.946. The Hall–Kier alpha value is -2.93. The number of aliphatic hydroxyl groups excluding tert-OH is 1. The molecule has 2 aromatic carbocycles. The van der Waals surface area contributed by atoms with Crippen LogP contribution in [-0.2, 0) is 19.2 Å². The van der Waals surface area contributed by atoms with E-state index in [0.29, 0.717) is 31.7 Å². The first-order valence-corrected chi connectivity index (χ1v) is 13.5. The van der Waals surface area contributed by atoms with Gasteiger partial charge in [-0.2, -0.15) is 4.36 Å². The predicted octanol–water partition coefficient (Wildman–Crippen LogP) is 3.70. The number of nitrogens with zero attached hydrogens (tertiary/aromatic N) is 3. The monoisotopic (exact) mass is 520 g/mol. The molecule has 2 N–H and O–H groups in total. The van der Waals surface area contributed by atoms with Gasteiger partial charge in [0, 0.05) is 36.9 Å². The summed E-state index contributed by atoms with van der Waals surface area (Å²) in [6.07, 6.45) is 2.59. The number of anilines is 2. The molecule has 1 aromatic heterocycles. The number of aliphatic hydroxyl groups is 1. The number of halogens is 2. The summed E-state index contributed by atoms with van der Waals surface area (Å²) in [4.78, 5) is 8.34. The third kappa shape index (κ3) is 5.26. The minimum absolute atomic E-state index is 0.0876. The normalized spacial score (nSPS) is 22.3. The molecule has 2 aliphatic heterocycles. The molecule has 2 saturated heterocycles. The quantitative estimate of drug-likeness (QED) is 0.506. The molecule has 3 atom stereocenters. The number of nitrogens with one attached hydrogen (secondary N) is 1. The first-order valence-electron chi connectivity index (χ1n) is 11.5. The molecule has 0 radical (unpaired) electrons. The molecule has 1 unspecified atom stereocenters. The van der Waals surface area contributed by atoms with Crippen LogP contribution in [0.3, 0.4) is 0 Å². The van der Waals surface area contributed by atoms with Gasteiger partial charge in [-0.3, -0.25) is 0 Å². The molecule has 0 amide bonds. The maximum Gasteiger partial charge on any atom is 0.150 e. The Labute approximate surface area is 207 Å². The lowest BCUT2D eigenvalue weighted by molar-refractivity contribution is 0.0736. The molecule has 2 aliphatic rings. The standard InChI is InChI=1S/C24H26F2N4O5S/c1-36(32,16-4-6-33-7-5-16)30-15-9-17(26)23-19(10-15)27-13-28-24(23)29-18-3-2-14(25)8-21(18)35-22-12-34-11-20(22)31/h2-3,8-10,13,16,20,22,31H,4-7,11-12H2,1H3,(H,27,28,29)/t20-,22-,36?/m0/s1. The van der Waals surface area contributed by atoms with E-state index in [-0.39, 0.29) is 46.6 Å². The van der Waals surface area contributed by atoms with E-state index < -0.39 is 33.6 Å². The Balaban J connectivity index is 1.48. The van der Waals surface area contributed by atoms with E-state index in [4.69, 9.17) is 14.2 Å². The summed E-state index contributed by atoms with van der Waals surface area (Å²) in [5.41, 5.74) is 0.807. The van der Waals surface area contributed by atoms with Crippen LogP contribution in [0.25, 0.3) is 10.9 Å². The summed E-state index contributed by atoms with van der Waals surface area (Å²) < 4.78 is 63.2. The Kier molecular flexibility index (Phi) is 7.02. The smallest absolute Gasteiger partial charge is 0.150 e. The van der Waals surface area contributed by atoms with Crippen molar-refractivity contribution >= 4 is 37.8 Å². The average Bonchev–Trinajstić information content (AvgIpc) is 3.25. The van der Waals surface area contributed by atoms with Gasteiger partial charge in [0.15, 0.2) is 6.10 Å². The molecule has 12 heteroatoms. The van der Waals surface area contributed by atoms with Gasteiger partial charge in [-0.15, -0.1) is 0 Å². The SMILES string of the molecule is CS(=O)(=Nc1cc(F)c2c(Nc3ccc(F)cc3O[C@H]3COC[C@@H]3O)ncnc2c1)C1CCOCC1. The van der Waals surface area contributed by atoms with Crippen molar-refractivity contribution in [2.24, 2.45) is 4.36 Å². The van der Waals surface area contributed by atoms with E-state index in [1.807, 2.05) is 0 Å². The fourth-order valence-corrected chi connectivity index (χ4v) is 6.04. The molecule has 36 heavy (non-hydrogen) atoms. The molecule has 9 nitrogen and oxygen atoms in total. The van der Waals surface area contributed by atoms with Crippen LogP contribution in [0.15, 0.2) is 41.0 Å². The Morgan fingerprint density at radius 2 is 1.94 bits per heavy atom. The summed E-state index contributed by atoms with van der Waals surface area (Å²) in [6.45, 7) is 1.34.